The van der Waals surface area contributed by atoms with E-state index in [1.807, 2.05) is 18.2 Å². The molecule has 0 radical (unpaired) electrons. The van der Waals surface area contributed by atoms with Crippen molar-refractivity contribution in [3.05, 3.63) is 82.9 Å². The molecule has 1 amide bonds. The van der Waals surface area contributed by atoms with Crippen LogP contribution >= 0.6 is 11.6 Å². The van der Waals surface area contributed by atoms with Crippen LogP contribution in [0.4, 0.5) is 13.2 Å². The monoisotopic (exact) mass is 548 g/mol. The molecular weight excluding hydrogens is 521 g/mol. The summed E-state index contributed by atoms with van der Waals surface area (Å²) in [5.74, 6) is 0.436. The average molecular weight is 549 g/mol. The van der Waals surface area contributed by atoms with E-state index < -0.39 is 12.5 Å². The molecule has 202 valence electrons. The number of amides is 1. The number of likely N-dealkylation sites (tertiary alicyclic amines) is 1. The molecule has 3 aromatic rings. The fourth-order valence-corrected chi connectivity index (χ4v) is 5.73. The third-order valence-corrected chi connectivity index (χ3v) is 7.63. The van der Waals surface area contributed by atoms with Crippen molar-refractivity contribution in [2.45, 2.75) is 19.0 Å². The highest BCUT2D eigenvalue weighted by Gasteiger charge is 2.56. The molecule has 1 saturated carbocycles. The van der Waals surface area contributed by atoms with Crippen molar-refractivity contribution in [3.8, 4) is 5.75 Å². The Bertz CT molecular complexity index is 1290. The Balaban J connectivity index is 1.24. The number of aromatic nitrogens is 2. The number of hydrogen-bond donors (Lipinski definition) is 1. The molecule has 0 bridgehead atoms. The maximum absolute atomic E-state index is 13.3. The summed E-state index contributed by atoms with van der Waals surface area (Å²) >= 11 is 6.23. The SMILES string of the molecule is Cn1cnc(C(=O)N(Cc2cccc(OC(F)(F)F)c2)CC2C3CN(CC(O)c4ccccc4Cl)CC32)c1. The van der Waals surface area contributed by atoms with Crippen molar-refractivity contribution in [1.82, 2.24) is 19.4 Å². The highest BCUT2D eigenvalue weighted by atomic mass is 35.5. The second-order valence-corrected chi connectivity index (χ2v) is 10.5. The Morgan fingerprint density at radius 1 is 1.21 bits per heavy atom. The lowest BCUT2D eigenvalue weighted by molar-refractivity contribution is -0.274. The molecule has 2 heterocycles. The number of imidazole rings is 1. The van der Waals surface area contributed by atoms with Gasteiger partial charge in [-0.25, -0.2) is 4.98 Å². The Hall–Kier alpha value is -3.08. The minimum absolute atomic E-state index is 0.134. The molecule has 5 rings (SSSR count). The first-order valence-electron chi connectivity index (χ1n) is 12.3. The lowest BCUT2D eigenvalue weighted by Gasteiger charge is -2.26. The number of carbonyl (C=O) groups excluding carboxylic acids is 1. The predicted octanol–water partition coefficient (Wildman–Crippen LogP) is 4.53. The molecule has 7 nitrogen and oxygen atoms in total. The van der Waals surface area contributed by atoms with Gasteiger partial charge in [-0.15, -0.1) is 13.2 Å². The highest BCUT2D eigenvalue weighted by Crippen LogP contribution is 2.52. The third-order valence-electron chi connectivity index (χ3n) is 7.29. The Labute approximate surface area is 223 Å². The molecule has 2 aromatic carbocycles. The second-order valence-electron chi connectivity index (χ2n) is 10.1. The van der Waals surface area contributed by atoms with E-state index in [1.165, 1.54) is 24.5 Å². The Morgan fingerprint density at radius 2 is 1.95 bits per heavy atom. The van der Waals surface area contributed by atoms with Gasteiger partial charge >= 0.3 is 6.36 Å². The van der Waals surface area contributed by atoms with Gasteiger partial charge in [-0.1, -0.05) is 41.9 Å². The number of carbonyl (C=O) groups is 1. The number of hydrogen-bond acceptors (Lipinski definition) is 5. The van der Waals surface area contributed by atoms with E-state index in [2.05, 4.69) is 14.6 Å². The minimum Gasteiger partial charge on any atom is -0.406 e. The minimum atomic E-state index is -4.79. The maximum atomic E-state index is 13.3. The van der Waals surface area contributed by atoms with E-state index in [0.29, 0.717) is 41.1 Å². The predicted molar refractivity (Wildman–Crippen MR) is 134 cm³/mol. The number of piperidine rings is 1. The summed E-state index contributed by atoms with van der Waals surface area (Å²) in [6, 6.07) is 12.9. The molecule has 11 heteroatoms. The van der Waals surface area contributed by atoms with Gasteiger partial charge in [-0.05, 0) is 41.5 Å². The summed E-state index contributed by atoms with van der Waals surface area (Å²) < 4.78 is 43.8. The molecule has 2 fully saturated rings. The number of rotatable bonds is 9. The number of alkyl halides is 3. The molecule has 1 N–H and O–H groups in total. The Morgan fingerprint density at radius 3 is 2.61 bits per heavy atom. The molecule has 2 aliphatic rings. The van der Waals surface area contributed by atoms with Crippen LogP contribution in [0.5, 0.6) is 5.75 Å². The smallest absolute Gasteiger partial charge is 0.406 e. The van der Waals surface area contributed by atoms with Gasteiger partial charge in [-0.2, -0.15) is 0 Å². The number of ether oxygens (including phenoxy) is 1. The molecule has 38 heavy (non-hydrogen) atoms. The summed E-state index contributed by atoms with van der Waals surface area (Å²) in [4.78, 5) is 21.4. The van der Waals surface area contributed by atoms with Crippen molar-refractivity contribution in [2.24, 2.45) is 24.8 Å². The molecule has 1 aliphatic heterocycles. The standard InChI is InChI=1S/C27H28ClF3N4O3/c1-33-14-24(32-16-33)26(37)35(10-17-5-4-6-18(9-17)38-27(29,30)31)13-22-20-11-34(12-21(20)22)15-25(36)19-7-2-3-8-23(19)28/h2-9,14,16,20-22,25,36H,10-13,15H2,1H3. The van der Waals surface area contributed by atoms with Crippen LogP contribution in [0, 0.1) is 17.8 Å². The van der Waals surface area contributed by atoms with Gasteiger partial charge in [0.15, 0.2) is 0 Å². The quantitative estimate of drug-likeness (QED) is 0.426. The molecule has 3 unspecified atom stereocenters. The van der Waals surface area contributed by atoms with Crippen molar-refractivity contribution >= 4 is 17.5 Å². The lowest BCUT2D eigenvalue weighted by atomic mass is 10.1. The largest absolute Gasteiger partial charge is 0.573 e. The number of fused-ring (bicyclic) bond motifs is 1. The third kappa shape index (κ3) is 6.14. The van der Waals surface area contributed by atoms with Gasteiger partial charge in [0.25, 0.3) is 5.91 Å². The number of aliphatic hydroxyl groups is 1. The number of nitrogens with zero attached hydrogens (tertiary/aromatic N) is 4. The summed E-state index contributed by atoms with van der Waals surface area (Å²) in [6.07, 6.45) is -2.31. The van der Waals surface area contributed by atoms with Gasteiger partial charge in [0.2, 0.25) is 0 Å². The first kappa shape index (κ1) is 26.5. The van der Waals surface area contributed by atoms with Crippen molar-refractivity contribution in [3.63, 3.8) is 0 Å². The van der Waals surface area contributed by atoms with Gasteiger partial charge in [0.05, 0.1) is 12.4 Å². The molecule has 1 aliphatic carbocycles. The van der Waals surface area contributed by atoms with Crippen molar-refractivity contribution in [1.29, 1.82) is 0 Å². The number of aliphatic hydroxyl groups excluding tert-OH is 1. The van der Waals surface area contributed by atoms with E-state index >= 15 is 0 Å². The van der Waals surface area contributed by atoms with E-state index in [9.17, 15) is 23.1 Å². The second kappa shape index (κ2) is 10.6. The summed E-state index contributed by atoms with van der Waals surface area (Å²) in [7, 11) is 1.77. The van der Waals surface area contributed by atoms with Gasteiger partial charge in [0.1, 0.15) is 11.4 Å². The van der Waals surface area contributed by atoms with Gasteiger partial charge < -0.3 is 19.3 Å². The maximum Gasteiger partial charge on any atom is 0.573 e. The fourth-order valence-electron chi connectivity index (χ4n) is 5.47. The van der Waals surface area contributed by atoms with Crippen LogP contribution < -0.4 is 4.74 Å². The highest BCUT2D eigenvalue weighted by molar-refractivity contribution is 6.31. The average Bonchev–Trinajstić information content (AvgIpc) is 3.16. The summed E-state index contributed by atoms with van der Waals surface area (Å²) in [5, 5.41) is 11.2. The van der Waals surface area contributed by atoms with E-state index in [-0.39, 0.29) is 29.8 Å². The van der Waals surface area contributed by atoms with E-state index in [1.54, 1.807) is 34.8 Å². The van der Waals surface area contributed by atoms with Crippen LogP contribution in [0.25, 0.3) is 0 Å². The van der Waals surface area contributed by atoms with Crippen LogP contribution in [0.1, 0.15) is 27.7 Å². The van der Waals surface area contributed by atoms with Gasteiger partial charge in [-0.3, -0.25) is 9.69 Å². The molecular formula is C27H28ClF3N4O3. The molecule has 0 spiro atoms. The van der Waals surface area contributed by atoms with E-state index in [0.717, 1.165) is 13.1 Å². The molecule has 3 atom stereocenters. The van der Waals surface area contributed by atoms with E-state index in [4.69, 9.17) is 11.6 Å². The lowest BCUT2D eigenvalue weighted by Crippen LogP contribution is -2.36. The van der Waals surface area contributed by atoms with Crippen LogP contribution in [0.3, 0.4) is 0 Å². The van der Waals surface area contributed by atoms with Crippen LogP contribution in [-0.2, 0) is 13.6 Å². The zero-order chi connectivity index (χ0) is 27.0. The zero-order valence-corrected chi connectivity index (χ0v) is 21.4. The first-order valence-corrected chi connectivity index (χ1v) is 12.7. The normalized spacial score (nSPS) is 21.7. The zero-order valence-electron chi connectivity index (χ0n) is 20.7. The van der Waals surface area contributed by atoms with Crippen LogP contribution in [0.2, 0.25) is 5.02 Å². The topological polar surface area (TPSA) is 70.8 Å². The van der Waals surface area contributed by atoms with Gasteiger partial charge in [0, 0.05) is 56.6 Å². The van der Waals surface area contributed by atoms with Crippen LogP contribution in [-0.4, -0.2) is 62.9 Å². The fraction of sp³-hybridized carbons (Fsp3) is 0.407. The number of β-amino-alcohol motifs (C(OH)–C–C–N with tert-alkyl or cyclic N) is 1. The van der Waals surface area contributed by atoms with Crippen molar-refractivity contribution in [2.75, 3.05) is 26.2 Å². The number of halogens is 4. The van der Waals surface area contributed by atoms with Crippen molar-refractivity contribution < 1.29 is 27.8 Å². The number of benzene rings is 2. The number of aryl methyl sites for hydroxylation is 1. The molecule has 1 saturated heterocycles. The summed E-state index contributed by atoms with van der Waals surface area (Å²) in [6.45, 7) is 2.69. The molecule has 1 aromatic heterocycles. The van der Waals surface area contributed by atoms with Crippen LogP contribution in [0.15, 0.2) is 61.1 Å². The summed E-state index contributed by atoms with van der Waals surface area (Å²) in [5.41, 5.74) is 1.52. The Kier molecular flexibility index (Phi) is 7.39. The first-order chi connectivity index (χ1) is 18.1.